The Morgan fingerprint density at radius 3 is 1.71 bits per heavy atom. The normalized spacial score (nSPS) is 10.9. The highest BCUT2D eigenvalue weighted by Gasteiger charge is 2.48. The van der Waals surface area contributed by atoms with Gasteiger partial charge >= 0.3 is 17.9 Å². The van der Waals surface area contributed by atoms with Gasteiger partial charge < -0.3 is 25.2 Å². The van der Waals surface area contributed by atoms with Crippen molar-refractivity contribution in [3.8, 4) is 0 Å². The second kappa shape index (κ2) is 4.53. The number of ether oxygens (including phenoxy) is 1. The zero-order chi connectivity index (χ0) is 11.4. The van der Waals surface area contributed by atoms with Crippen LogP contribution in [0.2, 0.25) is 0 Å². The molecular formula is C6H8O8. The molecule has 0 aliphatic heterocycles. The Morgan fingerprint density at radius 2 is 1.50 bits per heavy atom. The molecule has 0 rings (SSSR count). The topological polar surface area (TPSA) is 141 Å². The van der Waals surface area contributed by atoms with Crippen LogP contribution < -0.4 is 0 Å². The van der Waals surface area contributed by atoms with Crippen LogP contribution in [0.4, 0.5) is 0 Å². The zero-order valence-corrected chi connectivity index (χ0v) is 6.84. The fraction of sp³-hybridized carbons (Fsp3) is 0.500. The molecule has 8 nitrogen and oxygen atoms in total. The Bertz CT molecular complexity index is 243. The molecule has 0 bridgehead atoms. The minimum atomic E-state index is -2.92. The van der Waals surface area contributed by atoms with Crippen LogP contribution in [0.15, 0.2) is 0 Å². The first-order chi connectivity index (χ1) is 6.36. The van der Waals surface area contributed by atoms with Crippen LogP contribution in [0.1, 0.15) is 0 Å². The number of carboxylic acids is 3. The van der Waals surface area contributed by atoms with Gasteiger partial charge in [-0.15, -0.1) is 0 Å². The number of aliphatic hydroxyl groups is 1. The van der Waals surface area contributed by atoms with Crippen molar-refractivity contribution in [2.75, 3.05) is 13.2 Å². The molecule has 0 fully saturated rings. The highest BCUT2D eigenvalue weighted by Crippen LogP contribution is 2.11. The van der Waals surface area contributed by atoms with Gasteiger partial charge in [0.1, 0.15) is 6.61 Å². The fourth-order valence-electron chi connectivity index (χ4n) is 0.581. The number of hydrogen-bond donors (Lipinski definition) is 4. The molecule has 0 aromatic heterocycles. The van der Waals surface area contributed by atoms with Crippen LogP contribution in [0.3, 0.4) is 0 Å². The lowest BCUT2D eigenvalue weighted by molar-refractivity contribution is -0.190. The van der Waals surface area contributed by atoms with E-state index in [2.05, 4.69) is 4.74 Å². The van der Waals surface area contributed by atoms with Crippen molar-refractivity contribution in [2.24, 2.45) is 0 Å². The summed E-state index contributed by atoms with van der Waals surface area (Å²) in [7, 11) is 0. The van der Waals surface area contributed by atoms with E-state index in [1.807, 2.05) is 0 Å². The van der Waals surface area contributed by atoms with E-state index in [9.17, 15) is 14.4 Å². The van der Waals surface area contributed by atoms with Crippen molar-refractivity contribution in [3.05, 3.63) is 0 Å². The summed E-state index contributed by atoms with van der Waals surface area (Å²) in [5, 5.41) is 33.6. The van der Waals surface area contributed by atoms with Gasteiger partial charge in [0.15, 0.2) is 0 Å². The molecule has 0 aliphatic carbocycles. The van der Waals surface area contributed by atoms with E-state index in [0.29, 0.717) is 0 Å². The minimum Gasteiger partial charge on any atom is -0.480 e. The molecule has 14 heavy (non-hydrogen) atoms. The Labute approximate surface area is 77.3 Å². The molecule has 0 saturated carbocycles. The van der Waals surface area contributed by atoms with E-state index in [4.69, 9.17) is 20.4 Å². The van der Waals surface area contributed by atoms with Gasteiger partial charge in [-0.3, -0.25) is 0 Å². The molecule has 0 radical (unpaired) electrons. The predicted molar refractivity (Wildman–Crippen MR) is 38.7 cm³/mol. The molecule has 0 aromatic rings. The summed E-state index contributed by atoms with van der Waals surface area (Å²) < 4.78 is 4.11. The van der Waals surface area contributed by atoms with Crippen molar-refractivity contribution >= 4 is 17.9 Å². The van der Waals surface area contributed by atoms with Gasteiger partial charge in [-0.1, -0.05) is 0 Å². The van der Waals surface area contributed by atoms with Gasteiger partial charge in [-0.05, 0) is 0 Å². The molecule has 80 valence electrons. The molecule has 0 atom stereocenters. The summed E-state index contributed by atoms with van der Waals surface area (Å²) in [5.74, 6) is -5.46. The first-order valence-corrected chi connectivity index (χ1v) is 3.30. The predicted octanol–water partition coefficient (Wildman–Crippen LogP) is -2.01. The Hall–Kier alpha value is -1.67. The molecule has 0 spiro atoms. The molecule has 8 heteroatoms. The zero-order valence-electron chi connectivity index (χ0n) is 6.84. The molecule has 0 saturated heterocycles. The van der Waals surface area contributed by atoms with Crippen molar-refractivity contribution < 1.29 is 39.5 Å². The largest absolute Gasteiger partial charge is 0.480 e. The van der Waals surface area contributed by atoms with Crippen LogP contribution in [0.25, 0.3) is 0 Å². The fourth-order valence-corrected chi connectivity index (χ4v) is 0.581. The maximum Gasteiger partial charge on any atom is 0.350 e. The third-order valence-corrected chi connectivity index (χ3v) is 1.36. The van der Waals surface area contributed by atoms with Gasteiger partial charge in [-0.25, -0.2) is 14.4 Å². The second-order valence-electron chi connectivity index (χ2n) is 2.28. The Balaban J connectivity index is 4.77. The van der Waals surface area contributed by atoms with Gasteiger partial charge in [0, 0.05) is 0 Å². The number of aliphatic carboxylic acids is 3. The van der Waals surface area contributed by atoms with Gasteiger partial charge in [-0.2, -0.15) is 0 Å². The third kappa shape index (κ3) is 2.41. The van der Waals surface area contributed by atoms with Crippen LogP contribution in [0.5, 0.6) is 0 Å². The maximum absolute atomic E-state index is 10.4. The van der Waals surface area contributed by atoms with E-state index in [0.717, 1.165) is 0 Å². The number of aliphatic hydroxyl groups excluding tert-OH is 1. The first kappa shape index (κ1) is 12.3. The number of hydrogen-bond acceptors (Lipinski definition) is 5. The standard InChI is InChI=1S/C6H8O8/c7-2-6(4(10)11,5(12)13)14-1-3(8)9/h7H,1-2H2,(H,8,9)(H,10,11)(H,12,13). The van der Waals surface area contributed by atoms with E-state index >= 15 is 0 Å². The number of carbonyl (C=O) groups is 3. The van der Waals surface area contributed by atoms with E-state index in [-0.39, 0.29) is 0 Å². The maximum atomic E-state index is 10.4. The molecular weight excluding hydrogens is 200 g/mol. The molecule has 0 aromatic carbocycles. The van der Waals surface area contributed by atoms with Crippen molar-refractivity contribution in [3.63, 3.8) is 0 Å². The lowest BCUT2D eigenvalue weighted by Crippen LogP contribution is -2.53. The van der Waals surface area contributed by atoms with E-state index in [1.54, 1.807) is 0 Å². The van der Waals surface area contributed by atoms with Crippen molar-refractivity contribution in [2.45, 2.75) is 5.60 Å². The van der Waals surface area contributed by atoms with Gasteiger partial charge in [0.05, 0.1) is 6.61 Å². The Kier molecular flexibility index (Phi) is 3.99. The number of carboxylic acid groups (broad SMARTS) is 3. The lowest BCUT2D eigenvalue weighted by atomic mass is 10.1. The summed E-state index contributed by atoms with van der Waals surface area (Å²) in [6, 6.07) is 0. The average molecular weight is 208 g/mol. The smallest absolute Gasteiger partial charge is 0.350 e. The summed E-state index contributed by atoms with van der Waals surface area (Å²) >= 11 is 0. The van der Waals surface area contributed by atoms with Crippen molar-refractivity contribution in [1.82, 2.24) is 0 Å². The van der Waals surface area contributed by atoms with Gasteiger partial charge in [0.2, 0.25) is 0 Å². The molecule has 0 unspecified atom stereocenters. The molecule has 0 heterocycles. The summed E-state index contributed by atoms with van der Waals surface area (Å²) in [4.78, 5) is 30.9. The van der Waals surface area contributed by atoms with E-state index < -0.39 is 36.7 Å². The summed E-state index contributed by atoms with van der Waals surface area (Å²) in [6.45, 7) is -2.48. The minimum absolute atomic E-state index is 1.13. The average Bonchev–Trinajstić information content (AvgIpc) is 2.04. The highest BCUT2D eigenvalue weighted by atomic mass is 16.6. The van der Waals surface area contributed by atoms with Crippen LogP contribution in [-0.4, -0.2) is 57.1 Å². The van der Waals surface area contributed by atoms with Crippen LogP contribution in [0, 0.1) is 0 Å². The van der Waals surface area contributed by atoms with Crippen molar-refractivity contribution in [1.29, 1.82) is 0 Å². The quantitative estimate of drug-likeness (QED) is 0.367. The number of rotatable bonds is 6. The summed E-state index contributed by atoms with van der Waals surface area (Å²) in [6.07, 6.45) is 0. The SMILES string of the molecule is O=C(O)COC(CO)(C(=O)O)C(=O)O. The first-order valence-electron chi connectivity index (χ1n) is 3.30. The van der Waals surface area contributed by atoms with Crippen LogP contribution >= 0.6 is 0 Å². The molecule has 0 amide bonds. The van der Waals surface area contributed by atoms with Crippen LogP contribution in [-0.2, 0) is 19.1 Å². The molecule has 4 N–H and O–H groups in total. The monoisotopic (exact) mass is 208 g/mol. The molecule has 0 aliphatic rings. The highest BCUT2D eigenvalue weighted by molar-refractivity contribution is 6.02. The second-order valence-corrected chi connectivity index (χ2v) is 2.28. The van der Waals surface area contributed by atoms with E-state index in [1.165, 1.54) is 0 Å². The van der Waals surface area contributed by atoms with Gasteiger partial charge in [0.25, 0.3) is 5.60 Å². The third-order valence-electron chi connectivity index (χ3n) is 1.36. The Morgan fingerprint density at radius 1 is 1.07 bits per heavy atom. The summed E-state index contributed by atoms with van der Waals surface area (Å²) in [5.41, 5.74) is -2.92. The lowest BCUT2D eigenvalue weighted by Gasteiger charge is -2.21.